The number of alkyl halides is 6. The Bertz CT molecular complexity index is 2040. The van der Waals surface area contributed by atoms with E-state index in [1.807, 2.05) is 52.0 Å². The van der Waals surface area contributed by atoms with Crippen LogP contribution in [0.3, 0.4) is 0 Å². The van der Waals surface area contributed by atoms with Crippen molar-refractivity contribution in [3.63, 3.8) is 0 Å². The van der Waals surface area contributed by atoms with Crippen molar-refractivity contribution in [2.75, 3.05) is 0 Å². The van der Waals surface area contributed by atoms with E-state index >= 15 is 26.3 Å². The molecule has 7 rings (SSSR count). The van der Waals surface area contributed by atoms with E-state index in [1.165, 1.54) is 12.1 Å². The first-order chi connectivity index (χ1) is 23.2. The third-order valence-corrected chi connectivity index (χ3v) is 11.4. The molecule has 4 aromatic carbocycles. The van der Waals surface area contributed by atoms with Gasteiger partial charge >= 0.3 is 17.8 Å². The largest absolute Gasteiger partial charge is 0.380 e. The third-order valence-electron chi connectivity index (χ3n) is 8.97. The summed E-state index contributed by atoms with van der Waals surface area (Å²) in [6, 6.07) is 31.2. The average Bonchev–Trinajstić information content (AvgIpc) is 3.72. The fraction of sp³-hybridized carbons (Fsp3) is 0.171. The molecule has 0 N–H and O–H groups in total. The van der Waals surface area contributed by atoms with Gasteiger partial charge in [-0.1, -0.05) is 119 Å². The molecule has 0 aliphatic heterocycles. The molecular formula is C41H30F6S2. The first-order valence-corrected chi connectivity index (χ1v) is 17.3. The lowest BCUT2D eigenvalue weighted by molar-refractivity contribution is -0.254. The monoisotopic (exact) mass is 700 g/mol. The molecule has 0 radical (unpaired) electrons. The Labute approximate surface area is 289 Å². The summed E-state index contributed by atoms with van der Waals surface area (Å²) in [6.07, 6.45) is 0. The van der Waals surface area contributed by atoms with Crippen LogP contribution in [-0.4, -0.2) is 17.8 Å². The fourth-order valence-corrected chi connectivity index (χ4v) is 8.50. The van der Waals surface area contributed by atoms with Crippen molar-refractivity contribution >= 4 is 33.8 Å². The van der Waals surface area contributed by atoms with E-state index in [0.29, 0.717) is 32.0 Å². The molecule has 0 spiro atoms. The van der Waals surface area contributed by atoms with Crippen molar-refractivity contribution in [3.8, 4) is 41.8 Å². The van der Waals surface area contributed by atoms with Crippen LogP contribution < -0.4 is 0 Å². The molecule has 0 bridgehead atoms. The lowest BCUT2D eigenvalue weighted by Crippen LogP contribution is -2.48. The zero-order chi connectivity index (χ0) is 34.9. The molecule has 1 aliphatic carbocycles. The number of hydrogen-bond donors (Lipinski definition) is 0. The van der Waals surface area contributed by atoms with Crippen LogP contribution in [0.2, 0.25) is 0 Å². The van der Waals surface area contributed by atoms with Crippen LogP contribution in [0.4, 0.5) is 26.3 Å². The Morgan fingerprint density at radius 1 is 0.388 bits per heavy atom. The Kier molecular flexibility index (Phi) is 8.03. The van der Waals surface area contributed by atoms with Crippen molar-refractivity contribution in [1.82, 2.24) is 0 Å². The molecule has 0 saturated carbocycles. The molecule has 0 nitrogen and oxygen atoms in total. The molecule has 49 heavy (non-hydrogen) atoms. The molecule has 8 heteroatoms. The van der Waals surface area contributed by atoms with Gasteiger partial charge in [-0.05, 0) is 62.1 Å². The van der Waals surface area contributed by atoms with Gasteiger partial charge in [0.05, 0.1) is 0 Å². The van der Waals surface area contributed by atoms with Crippen molar-refractivity contribution in [2.24, 2.45) is 0 Å². The quantitative estimate of drug-likeness (QED) is 0.152. The summed E-state index contributed by atoms with van der Waals surface area (Å²) in [4.78, 5) is 1.41. The van der Waals surface area contributed by atoms with Gasteiger partial charge < -0.3 is 0 Å². The summed E-state index contributed by atoms with van der Waals surface area (Å²) < 4.78 is 97.2. The average molecular weight is 701 g/mol. The van der Waals surface area contributed by atoms with E-state index in [4.69, 9.17) is 0 Å². The topological polar surface area (TPSA) is 0 Å². The molecule has 6 aromatic rings. The first-order valence-electron chi connectivity index (χ1n) is 15.6. The van der Waals surface area contributed by atoms with Gasteiger partial charge in [0.25, 0.3) is 0 Å². The summed E-state index contributed by atoms with van der Waals surface area (Å²) in [7, 11) is 0. The van der Waals surface area contributed by atoms with Gasteiger partial charge in [0, 0.05) is 41.8 Å². The lowest BCUT2D eigenvalue weighted by Gasteiger charge is -2.26. The molecule has 0 amide bonds. The van der Waals surface area contributed by atoms with Crippen LogP contribution >= 0.6 is 22.7 Å². The van der Waals surface area contributed by atoms with E-state index in [0.717, 1.165) is 44.9 Å². The highest BCUT2D eigenvalue weighted by atomic mass is 32.1. The number of allylic oxidation sites excluding steroid dienone is 2. The number of aryl methyl sites for hydroxylation is 4. The highest BCUT2D eigenvalue weighted by Gasteiger charge is 2.80. The van der Waals surface area contributed by atoms with Gasteiger partial charge in [0.1, 0.15) is 0 Å². The van der Waals surface area contributed by atoms with Crippen LogP contribution in [0.25, 0.3) is 52.9 Å². The minimum absolute atomic E-state index is 0.210. The molecular weight excluding hydrogens is 671 g/mol. The van der Waals surface area contributed by atoms with Crippen molar-refractivity contribution in [3.05, 3.63) is 143 Å². The standard InChI is InChI=1S/C41H30F6S2/c1-23-5-13-27(14-6-23)33-21-31(37(48-33)29-17-9-25(3)10-18-29)35-36(40(44,45)41(46,47)39(35,42)43)32-22-34(28-15-7-24(2)8-16-28)49-38(32)30-19-11-26(4)12-20-30/h5-22H,1-4H3. The van der Waals surface area contributed by atoms with Crippen LogP contribution in [0, 0.1) is 27.7 Å². The van der Waals surface area contributed by atoms with E-state index in [1.54, 1.807) is 72.8 Å². The predicted octanol–water partition coefficient (Wildman–Crippen LogP) is 13.5. The Balaban J connectivity index is 1.58. The highest BCUT2D eigenvalue weighted by Crippen LogP contribution is 2.67. The van der Waals surface area contributed by atoms with Gasteiger partial charge in [0.2, 0.25) is 0 Å². The van der Waals surface area contributed by atoms with Crippen molar-refractivity contribution in [1.29, 1.82) is 0 Å². The van der Waals surface area contributed by atoms with Crippen LogP contribution in [0.1, 0.15) is 33.4 Å². The Morgan fingerprint density at radius 3 is 0.939 bits per heavy atom. The van der Waals surface area contributed by atoms with Crippen LogP contribution in [-0.2, 0) is 0 Å². The summed E-state index contributed by atoms with van der Waals surface area (Å²) >= 11 is 2.23. The van der Waals surface area contributed by atoms with Crippen molar-refractivity contribution in [2.45, 2.75) is 45.5 Å². The van der Waals surface area contributed by atoms with Crippen LogP contribution in [0.15, 0.2) is 109 Å². The summed E-state index contributed by atoms with van der Waals surface area (Å²) in [5, 5.41) is 0. The van der Waals surface area contributed by atoms with Crippen molar-refractivity contribution < 1.29 is 26.3 Å². The lowest BCUT2D eigenvalue weighted by atomic mass is 9.91. The predicted molar refractivity (Wildman–Crippen MR) is 191 cm³/mol. The number of halogens is 6. The maximum atomic E-state index is 16.4. The fourth-order valence-electron chi connectivity index (χ4n) is 6.15. The molecule has 0 saturated heterocycles. The van der Waals surface area contributed by atoms with E-state index in [-0.39, 0.29) is 20.9 Å². The molecule has 0 atom stereocenters. The third kappa shape index (κ3) is 5.46. The summed E-state index contributed by atoms with van der Waals surface area (Å²) in [5.74, 6) is -16.1. The maximum Gasteiger partial charge on any atom is 0.380 e. The molecule has 248 valence electrons. The molecule has 0 unspecified atom stereocenters. The number of thiophene rings is 2. The Morgan fingerprint density at radius 2 is 0.653 bits per heavy atom. The van der Waals surface area contributed by atoms with Gasteiger partial charge in [-0.3, -0.25) is 0 Å². The van der Waals surface area contributed by atoms with Gasteiger partial charge in [-0.25, -0.2) is 0 Å². The zero-order valence-corrected chi connectivity index (χ0v) is 28.6. The highest BCUT2D eigenvalue weighted by molar-refractivity contribution is 7.19. The molecule has 1 aliphatic rings. The molecule has 2 heterocycles. The second kappa shape index (κ2) is 11.9. The number of rotatable bonds is 6. The van der Waals surface area contributed by atoms with E-state index < -0.39 is 28.9 Å². The summed E-state index contributed by atoms with van der Waals surface area (Å²) in [6.45, 7) is 7.52. The molecule has 0 fully saturated rings. The second-order valence-electron chi connectivity index (χ2n) is 12.6. The van der Waals surface area contributed by atoms with Gasteiger partial charge in [-0.2, -0.15) is 26.3 Å². The first kappa shape index (κ1) is 33.1. The zero-order valence-electron chi connectivity index (χ0n) is 27.0. The SMILES string of the molecule is Cc1ccc(-c2cc(C3=C(c4cc(-c5ccc(C)cc5)sc4-c4ccc(C)cc4)C(F)(F)C(F)(F)C3(F)F)c(-c3ccc(C)cc3)s2)cc1. The van der Waals surface area contributed by atoms with Gasteiger partial charge in [0.15, 0.2) is 0 Å². The van der Waals surface area contributed by atoms with Crippen LogP contribution in [0.5, 0.6) is 0 Å². The second-order valence-corrected chi connectivity index (χ2v) is 14.7. The van der Waals surface area contributed by atoms with E-state index in [9.17, 15) is 0 Å². The Hall–Kier alpha value is -4.40. The smallest absolute Gasteiger partial charge is 0.194 e. The van der Waals surface area contributed by atoms with E-state index in [2.05, 4.69) is 0 Å². The molecule has 2 aromatic heterocycles. The number of hydrogen-bond acceptors (Lipinski definition) is 2. The summed E-state index contributed by atoms with van der Waals surface area (Å²) in [5.41, 5.74) is 2.62. The minimum atomic E-state index is -5.70. The minimum Gasteiger partial charge on any atom is -0.194 e. The maximum absolute atomic E-state index is 16.4. The normalized spacial score (nSPS) is 16.4. The van der Waals surface area contributed by atoms with Gasteiger partial charge in [-0.15, -0.1) is 22.7 Å². The number of benzene rings is 4.